The van der Waals surface area contributed by atoms with E-state index in [1.54, 1.807) is 0 Å². The first kappa shape index (κ1) is 10.9. The molecule has 3 heteroatoms. The summed E-state index contributed by atoms with van der Waals surface area (Å²) in [7, 11) is 0. The number of nitrogens with zero attached hydrogens (tertiary/aromatic N) is 1. The molecule has 1 fully saturated rings. The van der Waals surface area contributed by atoms with Gasteiger partial charge < -0.3 is 5.43 Å². The Morgan fingerprint density at radius 1 is 1.46 bits per heavy atom. The third-order valence-corrected chi connectivity index (χ3v) is 3.83. The predicted octanol–water partition coefficient (Wildman–Crippen LogP) is 2.36. The Morgan fingerprint density at radius 3 is 2.62 bits per heavy atom. The minimum absolute atomic E-state index is 0.477. The van der Waals surface area contributed by atoms with Crippen LogP contribution in [0.3, 0.4) is 0 Å². The molecule has 1 heterocycles. The molecule has 1 aliphatic rings. The lowest BCUT2D eigenvalue weighted by Crippen LogP contribution is -2.28. The van der Waals surface area contributed by atoms with Crippen LogP contribution in [-0.2, 0) is 0 Å². The molecule has 2 unspecified atom stereocenters. The molecule has 0 saturated carbocycles. The van der Waals surface area contributed by atoms with E-state index in [2.05, 4.69) is 38.2 Å². The maximum atomic E-state index is 4.47. The third-order valence-electron chi connectivity index (χ3n) is 2.60. The van der Waals surface area contributed by atoms with Crippen LogP contribution in [0.1, 0.15) is 27.7 Å². The summed E-state index contributed by atoms with van der Waals surface area (Å²) in [4.78, 5) is 0. The molecule has 2 nitrogen and oxygen atoms in total. The van der Waals surface area contributed by atoms with Gasteiger partial charge in [-0.15, -0.1) is 0 Å². The molecular weight excluding hydrogens is 180 g/mol. The van der Waals surface area contributed by atoms with Crippen LogP contribution in [0.15, 0.2) is 5.10 Å². The predicted molar refractivity (Wildman–Crippen MR) is 61.4 cm³/mol. The fourth-order valence-electron chi connectivity index (χ4n) is 1.05. The number of thioether (sulfide) groups is 1. The molecular formula is C10H20N2S. The summed E-state index contributed by atoms with van der Waals surface area (Å²) in [6.07, 6.45) is 0. The lowest BCUT2D eigenvalue weighted by molar-refractivity contribution is 0.437. The van der Waals surface area contributed by atoms with E-state index in [-0.39, 0.29) is 0 Å². The molecule has 1 rings (SSSR count). The Balaban J connectivity index is 2.38. The molecule has 1 N–H and O–H groups in total. The van der Waals surface area contributed by atoms with Gasteiger partial charge in [0.25, 0.3) is 0 Å². The van der Waals surface area contributed by atoms with Gasteiger partial charge in [-0.25, -0.2) is 0 Å². The van der Waals surface area contributed by atoms with E-state index in [1.807, 2.05) is 11.8 Å². The molecule has 0 amide bonds. The summed E-state index contributed by atoms with van der Waals surface area (Å²) in [5, 5.41) is 4.47. The summed E-state index contributed by atoms with van der Waals surface area (Å²) in [5.74, 6) is 3.65. The largest absolute Gasteiger partial charge is 0.307 e. The van der Waals surface area contributed by atoms with Gasteiger partial charge in [0.1, 0.15) is 0 Å². The molecule has 0 spiro atoms. The van der Waals surface area contributed by atoms with Crippen LogP contribution < -0.4 is 5.43 Å². The molecule has 1 saturated heterocycles. The van der Waals surface area contributed by atoms with Crippen LogP contribution >= 0.6 is 11.8 Å². The van der Waals surface area contributed by atoms with Gasteiger partial charge in [0, 0.05) is 23.5 Å². The van der Waals surface area contributed by atoms with Crippen molar-refractivity contribution >= 4 is 17.5 Å². The van der Waals surface area contributed by atoms with Crippen LogP contribution in [0.4, 0.5) is 0 Å². The van der Waals surface area contributed by atoms with Crippen LogP contribution in [0.5, 0.6) is 0 Å². The number of hydrazone groups is 1. The fourth-order valence-corrected chi connectivity index (χ4v) is 2.28. The minimum atomic E-state index is 0.477. The van der Waals surface area contributed by atoms with Gasteiger partial charge in [0.15, 0.2) is 0 Å². The SMILES string of the molecule is CC1CSC/C1=N/NC(C)C(C)C. The Kier molecular flexibility index (Phi) is 4.10. The van der Waals surface area contributed by atoms with Crippen molar-refractivity contribution in [1.29, 1.82) is 0 Å². The maximum Gasteiger partial charge on any atom is 0.0513 e. The molecule has 2 atom stereocenters. The van der Waals surface area contributed by atoms with Crippen molar-refractivity contribution in [2.24, 2.45) is 16.9 Å². The minimum Gasteiger partial charge on any atom is -0.307 e. The molecule has 0 aromatic carbocycles. The van der Waals surface area contributed by atoms with E-state index in [0.29, 0.717) is 17.9 Å². The number of rotatable bonds is 3. The second kappa shape index (κ2) is 4.89. The normalized spacial score (nSPS) is 28.4. The van der Waals surface area contributed by atoms with Crippen LogP contribution in [-0.4, -0.2) is 23.3 Å². The van der Waals surface area contributed by atoms with Crippen molar-refractivity contribution in [1.82, 2.24) is 5.43 Å². The van der Waals surface area contributed by atoms with E-state index in [4.69, 9.17) is 0 Å². The van der Waals surface area contributed by atoms with Crippen LogP contribution in [0.2, 0.25) is 0 Å². The van der Waals surface area contributed by atoms with Gasteiger partial charge in [0.2, 0.25) is 0 Å². The number of hydrogen-bond acceptors (Lipinski definition) is 3. The monoisotopic (exact) mass is 200 g/mol. The van der Waals surface area contributed by atoms with Gasteiger partial charge in [-0.3, -0.25) is 0 Å². The highest BCUT2D eigenvalue weighted by Gasteiger charge is 2.18. The van der Waals surface area contributed by atoms with Crippen LogP contribution in [0, 0.1) is 11.8 Å². The molecule has 13 heavy (non-hydrogen) atoms. The summed E-state index contributed by atoms with van der Waals surface area (Å²) in [6.45, 7) is 8.86. The lowest BCUT2D eigenvalue weighted by atomic mass is 10.1. The van der Waals surface area contributed by atoms with E-state index in [0.717, 1.165) is 5.75 Å². The molecule has 0 aliphatic carbocycles. The Hall–Kier alpha value is -0.180. The van der Waals surface area contributed by atoms with Gasteiger partial charge in [-0.1, -0.05) is 20.8 Å². The van der Waals surface area contributed by atoms with Crippen LogP contribution in [0.25, 0.3) is 0 Å². The average molecular weight is 200 g/mol. The zero-order valence-electron chi connectivity index (χ0n) is 9.00. The lowest BCUT2D eigenvalue weighted by Gasteiger charge is -2.15. The summed E-state index contributed by atoms with van der Waals surface area (Å²) in [5.41, 5.74) is 4.56. The third kappa shape index (κ3) is 3.22. The quantitative estimate of drug-likeness (QED) is 0.707. The molecule has 1 aliphatic heterocycles. The highest BCUT2D eigenvalue weighted by Crippen LogP contribution is 2.20. The first-order valence-electron chi connectivity index (χ1n) is 5.01. The van der Waals surface area contributed by atoms with E-state index < -0.39 is 0 Å². The second-order valence-electron chi connectivity index (χ2n) is 4.18. The number of hydrogen-bond donors (Lipinski definition) is 1. The zero-order chi connectivity index (χ0) is 9.84. The molecule has 0 radical (unpaired) electrons. The molecule has 0 aromatic heterocycles. The first-order chi connectivity index (χ1) is 6.11. The van der Waals surface area contributed by atoms with Gasteiger partial charge in [-0.2, -0.15) is 16.9 Å². The van der Waals surface area contributed by atoms with Gasteiger partial charge in [-0.05, 0) is 12.8 Å². The van der Waals surface area contributed by atoms with E-state index in [9.17, 15) is 0 Å². The summed E-state index contributed by atoms with van der Waals surface area (Å²) >= 11 is 1.98. The highest BCUT2D eigenvalue weighted by atomic mass is 32.2. The highest BCUT2D eigenvalue weighted by molar-refractivity contribution is 8.00. The molecule has 76 valence electrons. The topological polar surface area (TPSA) is 24.4 Å². The smallest absolute Gasteiger partial charge is 0.0513 e. The average Bonchev–Trinajstić information content (AvgIpc) is 2.47. The standard InChI is InChI=1S/C10H20N2S/c1-7(2)9(4)11-12-10-6-13-5-8(10)3/h7-9,11H,5-6H2,1-4H3/b12-10-. The molecule has 0 bridgehead atoms. The summed E-state index contributed by atoms with van der Waals surface area (Å²) in [6, 6.07) is 0.477. The second-order valence-corrected chi connectivity index (χ2v) is 5.21. The Bertz CT molecular complexity index is 189. The fraction of sp³-hybridized carbons (Fsp3) is 0.900. The maximum absolute atomic E-state index is 4.47. The summed E-state index contributed by atoms with van der Waals surface area (Å²) < 4.78 is 0. The Labute approximate surface area is 85.6 Å². The van der Waals surface area contributed by atoms with Crippen molar-refractivity contribution in [3.05, 3.63) is 0 Å². The van der Waals surface area contributed by atoms with Crippen molar-refractivity contribution in [2.45, 2.75) is 33.7 Å². The van der Waals surface area contributed by atoms with Gasteiger partial charge in [0.05, 0.1) is 5.71 Å². The van der Waals surface area contributed by atoms with Crippen molar-refractivity contribution in [2.75, 3.05) is 11.5 Å². The zero-order valence-corrected chi connectivity index (χ0v) is 9.82. The first-order valence-corrected chi connectivity index (χ1v) is 6.16. The number of nitrogens with one attached hydrogen (secondary N) is 1. The van der Waals surface area contributed by atoms with Crippen molar-refractivity contribution in [3.8, 4) is 0 Å². The van der Waals surface area contributed by atoms with E-state index in [1.165, 1.54) is 11.5 Å². The van der Waals surface area contributed by atoms with E-state index >= 15 is 0 Å². The van der Waals surface area contributed by atoms with Crippen molar-refractivity contribution < 1.29 is 0 Å². The van der Waals surface area contributed by atoms with Crippen molar-refractivity contribution in [3.63, 3.8) is 0 Å². The molecule has 0 aromatic rings. The van der Waals surface area contributed by atoms with Gasteiger partial charge >= 0.3 is 0 Å². The Morgan fingerprint density at radius 2 is 2.15 bits per heavy atom.